The largest absolute Gasteiger partial charge is 0.441 e. The maximum Gasteiger partial charge on any atom is 0.307 e. The molecule has 0 amide bonds. The second kappa shape index (κ2) is 3.65. The Balaban J connectivity index is 2.29. The fourth-order valence-corrected chi connectivity index (χ4v) is 0.479. The highest BCUT2D eigenvalue weighted by Crippen LogP contribution is 1.85. The van der Waals surface area contributed by atoms with E-state index in [1.807, 2.05) is 0 Å². The van der Waals surface area contributed by atoms with Crippen LogP contribution in [0.4, 0.5) is 0 Å². The Kier molecular flexibility index (Phi) is 2.53. The summed E-state index contributed by atoms with van der Waals surface area (Å²) < 4.78 is 4.69. The number of rotatable bonds is 3. The van der Waals surface area contributed by atoms with Crippen LogP contribution in [0.5, 0.6) is 0 Å². The fraction of sp³-hybridized carbons (Fsp3) is 0.600. The van der Waals surface area contributed by atoms with Crippen LogP contribution in [0.3, 0.4) is 0 Å². The first-order valence-electron chi connectivity index (χ1n) is 3.19. The number of nitrogens with zero attached hydrogens (tertiary/aromatic N) is 4. The van der Waals surface area contributed by atoms with Gasteiger partial charge in [0.1, 0.15) is 0 Å². The van der Waals surface area contributed by atoms with Gasteiger partial charge in [-0.05, 0) is 5.21 Å². The van der Waals surface area contributed by atoms with E-state index < -0.39 is 0 Å². The highest BCUT2D eigenvalue weighted by Gasteiger charge is 1.98. The van der Waals surface area contributed by atoms with Gasteiger partial charge in [0.25, 0.3) is 0 Å². The molecule has 0 saturated heterocycles. The molecule has 0 atom stereocenters. The van der Waals surface area contributed by atoms with Crippen molar-refractivity contribution in [3.8, 4) is 0 Å². The molecule has 60 valence electrons. The first-order valence-corrected chi connectivity index (χ1v) is 3.19. The fourth-order valence-electron chi connectivity index (χ4n) is 0.479. The molecule has 0 aromatic carbocycles. The minimum absolute atomic E-state index is 0.0344. The Morgan fingerprint density at radius 3 is 3.09 bits per heavy atom. The number of ether oxygens (including phenoxy) is 1. The van der Waals surface area contributed by atoms with E-state index in [2.05, 4.69) is 15.4 Å². The molecule has 0 radical (unpaired) electrons. The third kappa shape index (κ3) is 2.32. The molecule has 1 aromatic heterocycles. The summed E-state index contributed by atoms with van der Waals surface area (Å²) in [7, 11) is 0. The summed E-state index contributed by atoms with van der Waals surface area (Å²) in [6.45, 7) is 1.75. The molecular weight excluding hydrogens is 148 g/mol. The van der Waals surface area contributed by atoms with Crippen LogP contribution in [0.15, 0.2) is 6.33 Å². The van der Waals surface area contributed by atoms with Crippen molar-refractivity contribution in [3.63, 3.8) is 0 Å². The van der Waals surface area contributed by atoms with Gasteiger partial charge >= 0.3 is 5.97 Å². The number of carbonyl (C=O) groups is 1. The van der Waals surface area contributed by atoms with E-state index in [-0.39, 0.29) is 12.7 Å². The van der Waals surface area contributed by atoms with E-state index in [9.17, 15) is 4.79 Å². The first-order chi connectivity index (χ1) is 5.33. The SMILES string of the molecule is CCC(=O)OCn1ncnn1. The Morgan fingerprint density at radius 1 is 1.73 bits per heavy atom. The van der Waals surface area contributed by atoms with Crippen molar-refractivity contribution in [2.45, 2.75) is 20.1 Å². The first kappa shape index (κ1) is 7.64. The molecule has 11 heavy (non-hydrogen) atoms. The van der Waals surface area contributed by atoms with Crippen molar-refractivity contribution < 1.29 is 9.53 Å². The van der Waals surface area contributed by atoms with Crippen molar-refractivity contribution in [1.29, 1.82) is 0 Å². The molecule has 0 aliphatic carbocycles. The van der Waals surface area contributed by atoms with Crippen molar-refractivity contribution in [2.24, 2.45) is 0 Å². The second-order valence-corrected chi connectivity index (χ2v) is 1.81. The molecule has 0 bridgehead atoms. The van der Waals surface area contributed by atoms with E-state index in [1.165, 1.54) is 11.1 Å². The molecule has 0 aliphatic rings. The molecule has 1 rings (SSSR count). The smallest absolute Gasteiger partial charge is 0.307 e. The highest BCUT2D eigenvalue weighted by molar-refractivity contribution is 5.68. The van der Waals surface area contributed by atoms with Crippen molar-refractivity contribution in [2.75, 3.05) is 0 Å². The minimum Gasteiger partial charge on any atom is -0.441 e. The number of tetrazole rings is 1. The van der Waals surface area contributed by atoms with Gasteiger partial charge in [0.2, 0.25) is 6.73 Å². The lowest BCUT2D eigenvalue weighted by Gasteiger charge is -1.99. The van der Waals surface area contributed by atoms with Crippen LogP contribution in [-0.4, -0.2) is 26.2 Å². The van der Waals surface area contributed by atoms with Crippen LogP contribution in [0.2, 0.25) is 0 Å². The molecule has 1 aromatic rings. The maximum absolute atomic E-state index is 10.6. The van der Waals surface area contributed by atoms with Gasteiger partial charge in [-0.25, -0.2) is 0 Å². The Labute approximate surface area is 63.1 Å². The Hall–Kier alpha value is -1.46. The Morgan fingerprint density at radius 2 is 2.55 bits per heavy atom. The van der Waals surface area contributed by atoms with Gasteiger partial charge < -0.3 is 4.74 Å². The minimum atomic E-state index is -0.276. The summed E-state index contributed by atoms with van der Waals surface area (Å²) in [5, 5.41) is 10.6. The molecule has 0 unspecified atom stereocenters. The third-order valence-electron chi connectivity index (χ3n) is 1.02. The quantitative estimate of drug-likeness (QED) is 0.556. The standard InChI is InChI=1S/C5H8N4O2/c1-2-5(10)11-4-9-7-3-6-8-9/h3H,2,4H2,1H3. The van der Waals surface area contributed by atoms with E-state index in [4.69, 9.17) is 4.74 Å². The lowest BCUT2D eigenvalue weighted by molar-refractivity contribution is -0.148. The van der Waals surface area contributed by atoms with E-state index >= 15 is 0 Å². The average molecular weight is 156 g/mol. The summed E-state index contributed by atoms with van der Waals surface area (Å²) in [6.07, 6.45) is 1.63. The van der Waals surface area contributed by atoms with Gasteiger partial charge in [0.05, 0.1) is 0 Å². The molecule has 0 fully saturated rings. The van der Waals surface area contributed by atoms with Crippen molar-refractivity contribution in [3.05, 3.63) is 6.33 Å². The summed E-state index contributed by atoms with van der Waals surface area (Å²) >= 11 is 0. The number of esters is 1. The summed E-state index contributed by atoms with van der Waals surface area (Å²) in [5.74, 6) is -0.276. The lowest BCUT2D eigenvalue weighted by Crippen LogP contribution is -2.10. The lowest BCUT2D eigenvalue weighted by atomic mass is 10.5. The number of carbonyl (C=O) groups excluding carboxylic acids is 1. The molecule has 1 heterocycles. The predicted molar refractivity (Wildman–Crippen MR) is 34.2 cm³/mol. The van der Waals surface area contributed by atoms with E-state index in [1.54, 1.807) is 6.92 Å². The number of aromatic nitrogens is 4. The van der Waals surface area contributed by atoms with Gasteiger partial charge in [-0.3, -0.25) is 4.79 Å². The zero-order valence-corrected chi connectivity index (χ0v) is 6.10. The van der Waals surface area contributed by atoms with E-state index in [0.29, 0.717) is 6.42 Å². The average Bonchev–Trinajstić information content (AvgIpc) is 2.52. The van der Waals surface area contributed by atoms with Crippen molar-refractivity contribution in [1.82, 2.24) is 20.2 Å². The van der Waals surface area contributed by atoms with Crippen LogP contribution in [0, 0.1) is 0 Å². The summed E-state index contributed by atoms with van der Waals surface area (Å²) in [4.78, 5) is 11.8. The number of hydrogen-bond acceptors (Lipinski definition) is 5. The van der Waals surface area contributed by atoms with Gasteiger partial charge in [0, 0.05) is 6.42 Å². The zero-order valence-electron chi connectivity index (χ0n) is 6.10. The van der Waals surface area contributed by atoms with Gasteiger partial charge in [-0.15, -0.1) is 15.0 Å². The maximum atomic E-state index is 10.6. The molecule has 0 spiro atoms. The van der Waals surface area contributed by atoms with Crippen molar-refractivity contribution >= 4 is 5.97 Å². The number of hydrogen-bond donors (Lipinski definition) is 0. The normalized spacial score (nSPS) is 9.55. The summed E-state index contributed by atoms with van der Waals surface area (Å²) in [5.41, 5.74) is 0. The summed E-state index contributed by atoms with van der Waals surface area (Å²) in [6, 6.07) is 0. The van der Waals surface area contributed by atoms with E-state index in [0.717, 1.165) is 0 Å². The van der Waals surface area contributed by atoms with Crippen LogP contribution in [0.1, 0.15) is 13.3 Å². The predicted octanol–water partition coefficient (Wildman–Crippen LogP) is -0.416. The molecular formula is C5H8N4O2. The molecule has 0 saturated carbocycles. The monoisotopic (exact) mass is 156 g/mol. The van der Waals surface area contributed by atoms with Crippen LogP contribution in [0.25, 0.3) is 0 Å². The van der Waals surface area contributed by atoms with Gasteiger partial charge in [-0.1, -0.05) is 6.92 Å². The van der Waals surface area contributed by atoms with Crippen LogP contribution < -0.4 is 0 Å². The van der Waals surface area contributed by atoms with Gasteiger partial charge in [-0.2, -0.15) is 0 Å². The molecule has 0 N–H and O–H groups in total. The van der Waals surface area contributed by atoms with Gasteiger partial charge in [0.15, 0.2) is 6.33 Å². The molecule has 6 nitrogen and oxygen atoms in total. The zero-order chi connectivity index (χ0) is 8.10. The van der Waals surface area contributed by atoms with Crippen LogP contribution in [-0.2, 0) is 16.3 Å². The second-order valence-electron chi connectivity index (χ2n) is 1.81. The third-order valence-corrected chi connectivity index (χ3v) is 1.02. The van der Waals surface area contributed by atoms with Crippen LogP contribution >= 0.6 is 0 Å². The topological polar surface area (TPSA) is 69.9 Å². The highest BCUT2D eigenvalue weighted by atomic mass is 16.5. The molecule has 6 heteroatoms. The molecule has 0 aliphatic heterocycles. The Bertz CT molecular complexity index is 220.